The van der Waals surface area contributed by atoms with Crippen molar-refractivity contribution in [2.24, 2.45) is 5.41 Å². The highest BCUT2D eigenvalue weighted by Crippen LogP contribution is 2.63. The minimum Gasteiger partial charge on any atom is -0.481 e. The van der Waals surface area contributed by atoms with E-state index in [1.807, 2.05) is 12.3 Å². The van der Waals surface area contributed by atoms with Gasteiger partial charge in [0.2, 0.25) is 0 Å². The number of fused-ring (bicyclic) bond motifs is 1. The smallest absolute Gasteiger partial charge is 0.344 e. The Labute approximate surface area is 226 Å². The summed E-state index contributed by atoms with van der Waals surface area (Å²) in [7, 11) is -3.17. The lowest BCUT2D eigenvalue weighted by atomic mass is 9.71. The molecule has 2 aromatic rings. The number of esters is 1. The second-order valence-electron chi connectivity index (χ2n) is 11.0. The molecular formula is C29H41FO5S2. The summed E-state index contributed by atoms with van der Waals surface area (Å²) in [6, 6.07) is 10.2. The van der Waals surface area contributed by atoms with Crippen molar-refractivity contribution in [2.75, 3.05) is 18.6 Å². The number of carbonyl (C=O) groups excluding carboxylic acids is 1. The number of carbonyl (C=O) groups is 1. The van der Waals surface area contributed by atoms with Crippen LogP contribution in [0.15, 0.2) is 46.2 Å². The first-order valence-corrected chi connectivity index (χ1v) is 15.8. The van der Waals surface area contributed by atoms with Crippen molar-refractivity contribution in [1.29, 1.82) is 0 Å². The molecule has 1 aliphatic heterocycles. The van der Waals surface area contributed by atoms with Crippen molar-refractivity contribution in [1.82, 2.24) is 0 Å². The Morgan fingerprint density at radius 2 is 1.86 bits per heavy atom. The van der Waals surface area contributed by atoms with Gasteiger partial charge in [-0.2, -0.15) is 10.6 Å². The first-order chi connectivity index (χ1) is 17.3. The zero-order chi connectivity index (χ0) is 27.4. The molecule has 2 aromatic carbocycles. The molecule has 0 fully saturated rings. The summed E-state index contributed by atoms with van der Waals surface area (Å²) in [6.45, 7) is 9.37. The van der Waals surface area contributed by atoms with Gasteiger partial charge in [0.25, 0.3) is 0 Å². The van der Waals surface area contributed by atoms with Crippen molar-refractivity contribution < 1.29 is 27.8 Å². The molecule has 1 heterocycles. The van der Waals surface area contributed by atoms with Crippen molar-refractivity contribution >= 4 is 28.3 Å². The maximum Gasteiger partial charge on any atom is 0.344 e. The molecule has 0 radical (unpaired) electrons. The van der Waals surface area contributed by atoms with Gasteiger partial charge in [0.15, 0.2) is 6.61 Å². The number of halogens is 1. The molecule has 2 unspecified atom stereocenters. The van der Waals surface area contributed by atoms with Gasteiger partial charge in [-0.3, -0.25) is 9.11 Å². The van der Waals surface area contributed by atoms with Crippen LogP contribution in [0.2, 0.25) is 0 Å². The number of thioether (sulfide) groups is 1. The van der Waals surface area contributed by atoms with Crippen LogP contribution in [0.25, 0.3) is 0 Å². The fraction of sp³-hybridized carbons (Fsp3) is 0.552. The Kier molecular flexibility index (Phi) is 9.65. The Morgan fingerprint density at radius 3 is 2.43 bits per heavy atom. The third kappa shape index (κ3) is 7.43. The molecule has 1 aliphatic rings. The van der Waals surface area contributed by atoms with Crippen LogP contribution in [0.1, 0.15) is 83.8 Å². The standard InChI is InChI=1S/C29H41FO5S2/c1-7-9-14-29(8-2)17-23(20-10-12-21(30)13-11-20)22-15-25(36-6)24(16-26(22)37(32,33)19-29)34-18-27(31)35-28(3,4)5/h10-13,15-16,23,32-33H,7-9,14,17-19H2,1-6H3. The molecule has 5 nitrogen and oxygen atoms in total. The van der Waals surface area contributed by atoms with Gasteiger partial charge in [-0.05, 0) is 81.0 Å². The van der Waals surface area contributed by atoms with Gasteiger partial charge >= 0.3 is 5.97 Å². The number of hydrogen-bond donors (Lipinski definition) is 2. The highest BCUT2D eigenvalue weighted by molar-refractivity contribution is 8.24. The Hall–Kier alpha value is -1.74. The summed E-state index contributed by atoms with van der Waals surface area (Å²) in [5.74, 6) is -0.231. The summed E-state index contributed by atoms with van der Waals surface area (Å²) < 4.78 is 48.3. The van der Waals surface area contributed by atoms with Crippen molar-refractivity contribution in [3.63, 3.8) is 0 Å². The molecule has 0 amide bonds. The minimum atomic E-state index is -3.17. The van der Waals surface area contributed by atoms with Crippen molar-refractivity contribution in [2.45, 2.75) is 88.0 Å². The largest absolute Gasteiger partial charge is 0.481 e. The van der Waals surface area contributed by atoms with E-state index in [1.54, 1.807) is 39.0 Å². The summed E-state index contributed by atoms with van der Waals surface area (Å²) in [4.78, 5) is 13.6. The molecular weight excluding hydrogens is 511 g/mol. The molecule has 37 heavy (non-hydrogen) atoms. The maximum atomic E-state index is 13.8. The van der Waals surface area contributed by atoms with Crippen molar-refractivity contribution in [3.05, 3.63) is 53.3 Å². The fourth-order valence-electron chi connectivity index (χ4n) is 5.14. The summed E-state index contributed by atoms with van der Waals surface area (Å²) in [6.07, 6.45) is 6.38. The van der Waals surface area contributed by atoms with Crippen LogP contribution in [-0.4, -0.2) is 39.3 Å². The summed E-state index contributed by atoms with van der Waals surface area (Å²) in [5, 5.41) is 0. The van der Waals surface area contributed by atoms with Crippen LogP contribution in [0, 0.1) is 11.2 Å². The Bertz CT molecular complexity index is 1080. The molecule has 3 rings (SSSR count). The number of unbranched alkanes of at least 4 members (excludes halogenated alkanes) is 1. The minimum absolute atomic E-state index is 0.133. The lowest BCUT2D eigenvalue weighted by Gasteiger charge is -2.41. The van der Waals surface area contributed by atoms with Crippen LogP contribution in [0.5, 0.6) is 5.75 Å². The van der Waals surface area contributed by atoms with Crippen LogP contribution >= 0.6 is 22.4 Å². The molecule has 2 atom stereocenters. The molecule has 0 spiro atoms. The van der Waals surface area contributed by atoms with Crippen LogP contribution in [-0.2, 0) is 9.53 Å². The Morgan fingerprint density at radius 1 is 1.19 bits per heavy atom. The predicted octanol–water partition coefficient (Wildman–Crippen LogP) is 8.50. The first-order valence-electron chi connectivity index (χ1n) is 12.9. The molecule has 2 N–H and O–H groups in total. The van der Waals surface area contributed by atoms with E-state index in [2.05, 4.69) is 13.8 Å². The Balaban J connectivity index is 2.12. The van der Waals surface area contributed by atoms with E-state index >= 15 is 0 Å². The van der Waals surface area contributed by atoms with E-state index in [9.17, 15) is 18.3 Å². The van der Waals surface area contributed by atoms with E-state index in [1.165, 1.54) is 23.9 Å². The quantitative estimate of drug-likeness (QED) is 0.240. The summed E-state index contributed by atoms with van der Waals surface area (Å²) in [5.41, 5.74) is 0.872. The van der Waals surface area contributed by atoms with Gasteiger partial charge in [0.1, 0.15) is 17.2 Å². The van der Waals surface area contributed by atoms with E-state index in [4.69, 9.17) is 9.47 Å². The first kappa shape index (κ1) is 29.8. The molecule has 0 bridgehead atoms. The zero-order valence-electron chi connectivity index (χ0n) is 22.8. The van der Waals surface area contributed by atoms with E-state index in [0.717, 1.165) is 48.1 Å². The van der Waals surface area contributed by atoms with Gasteiger partial charge in [0.05, 0.1) is 4.90 Å². The highest BCUT2D eigenvalue weighted by Gasteiger charge is 2.43. The number of ether oxygens (including phenoxy) is 2. The monoisotopic (exact) mass is 552 g/mol. The molecule has 0 aromatic heterocycles. The van der Waals surface area contributed by atoms with Crippen LogP contribution < -0.4 is 4.74 Å². The molecule has 0 saturated carbocycles. The second-order valence-corrected chi connectivity index (χ2v) is 13.9. The predicted molar refractivity (Wildman–Crippen MR) is 151 cm³/mol. The average Bonchev–Trinajstić information content (AvgIpc) is 2.92. The lowest BCUT2D eigenvalue weighted by molar-refractivity contribution is -0.157. The highest BCUT2D eigenvalue weighted by atomic mass is 32.3. The molecule has 0 saturated heterocycles. The molecule has 206 valence electrons. The van der Waals surface area contributed by atoms with Gasteiger partial charge < -0.3 is 9.47 Å². The van der Waals surface area contributed by atoms with Crippen LogP contribution in [0.3, 0.4) is 0 Å². The third-order valence-corrected chi connectivity index (χ3v) is 9.85. The van der Waals surface area contributed by atoms with Gasteiger partial charge in [-0.1, -0.05) is 38.8 Å². The van der Waals surface area contributed by atoms with Gasteiger partial charge in [-0.25, -0.2) is 9.18 Å². The molecule has 8 heteroatoms. The number of hydrogen-bond acceptors (Lipinski definition) is 6. The van der Waals surface area contributed by atoms with E-state index < -0.39 is 22.2 Å². The zero-order valence-corrected chi connectivity index (χ0v) is 24.4. The number of rotatable bonds is 9. The summed E-state index contributed by atoms with van der Waals surface area (Å²) >= 11 is 1.47. The van der Waals surface area contributed by atoms with Crippen molar-refractivity contribution in [3.8, 4) is 5.75 Å². The van der Waals surface area contributed by atoms with Gasteiger partial charge in [0, 0.05) is 22.6 Å². The third-order valence-electron chi connectivity index (χ3n) is 7.02. The maximum absolute atomic E-state index is 13.8. The van der Waals surface area contributed by atoms with E-state index in [-0.39, 0.29) is 29.5 Å². The second kappa shape index (κ2) is 12.0. The fourth-order valence-corrected chi connectivity index (χ4v) is 8.05. The average molecular weight is 553 g/mol. The van der Waals surface area contributed by atoms with Crippen LogP contribution in [0.4, 0.5) is 4.39 Å². The van der Waals surface area contributed by atoms with Gasteiger partial charge in [-0.15, -0.1) is 11.8 Å². The lowest BCUT2D eigenvalue weighted by Crippen LogP contribution is -2.28. The number of benzene rings is 2. The van der Waals surface area contributed by atoms with E-state index in [0.29, 0.717) is 10.6 Å². The molecule has 0 aliphatic carbocycles. The normalized spacial score (nSPS) is 22.0. The SMILES string of the molecule is CCCCC1(CC)CC(c2ccc(F)cc2)c2cc(SC)c(OCC(=O)OC(C)(C)C)cc2S(O)(O)C1. The topological polar surface area (TPSA) is 76.0 Å².